The van der Waals surface area contributed by atoms with Crippen molar-refractivity contribution in [3.8, 4) is 0 Å². The number of imidazole rings is 1. The number of non-ortho nitro benzene ring substituents is 1. The molecule has 1 aromatic carbocycles. The van der Waals surface area contributed by atoms with Crippen LogP contribution in [0, 0.1) is 10.1 Å². The molecule has 2 aromatic rings. The number of carbonyl (C=O) groups is 1. The van der Waals surface area contributed by atoms with Gasteiger partial charge in [-0.3, -0.25) is 14.9 Å². The zero-order valence-corrected chi connectivity index (χ0v) is 11.9. The topological polar surface area (TPSA) is 101 Å². The van der Waals surface area contributed by atoms with Crippen molar-refractivity contribution in [3.05, 3.63) is 56.6 Å². The minimum absolute atomic E-state index is 0.121. The van der Waals surface area contributed by atoms with Crippen LogP contribution in [0.3, 0.4) is 0 Å². The third kappa shape index (κ3) is 3.41. The van der Waals surface area contributed by atoms with Crippen LogP contribution in [0.25, 0.3) is 0 Å². The number of nitro benzene ring substituents is 1. The number of amides is 1. The van der Waals surface area contributed by atoms with E-state index >= 15 is 0 Å². The molecule has 0 unspecified atom stereocenters. The van der Waals surface area contributed by atoms with Gasteiger partial charge in [0.1, 0.15) is 5.82 Å². The second-order valence-corrected chi connectivity index (χ2v) is 4.82. The maximum atomic E-state index is 12.0. The molecule has 7 nitrogen and oxygen atoms in total. The van der Waals surface area contributed by atoms with Gasteiger partial charge in [0.05, 0.1) is 10.5 Å². The van der Waals surface area contributed by atoms with Crippen LogP contribution in [0.4, 0.5) is 5.69 Å². The summed E-state index contributed by atoms with van der Waals surface area (Å²) in [7, 11) is 0. The Kier molecular flexibility index (Phi) is 4.46. The number of hydrogen-bond donors (Lipinski definition) is 2. The number of aromatic amines is 1. The van der Waals surface area contributed by atoms with Crippen LogP contribution in [0.15, 0.2) is 35.1 Å². The lowest BCUT2D eigenvalue weighted by atomic mass is 10.2. The number of nitro groups is 1. The average molecular weight is 339 g/mol. The fourth-order valence-electron chi connectivity index (χ4n) is 1.63. The van der Waals surface area contributed by atoms with Gasteiger partial charge in [-0.05, 0) is 22.0 Å². The molecule has 2 rings (SSSR count). The molecule has 8 heteroatoms. The molecule has 0 atom stereocenters. The van der Waals surface area contributed by atoms with Gasteiger partial charge >= 0.3 is 0 Å². The van der Waals surface area contributed by atoms with Crippen molar-refractivity contribution in [1.29, 1.82) is 0 Å². The first kappa shape index (κ1) is 14.2. The lowest BCUT2D eigenvalue weighted by Crippen LogP contribution is -2.26. The fraction of sp³-hybridized carbons (Fsp3) is 0.167. The minimum Gasteiger partial charge on any atom is -0.352 e. The van der Waals surface area contributed by atoms with E-state index in [0.29, 0.717) is 17.4 Å². The van der Waals surface area contributed by atoms with Gasteiger partial charge < -0.3 is 10.3 Å². The van der Waals surface area contributed by atoms with Gasteiger partial charge in [-0.25, -0.2) is 4.98 Å². The van der Waals surface area contributed by atoms with Crippen molar-refractivity contribution in [2.75, 3.05) is 6.54 Å². The van der Waals surface area contributed by atoms with E-state index in [9.17, 15) is 14.9 Å². The van der Waals surface area contributed by atoms with Gasteiger partial charge in [0.25, 0.3) is 11.6 Å². The summed E-state index contributed by atoms with van der Waals surface area (Å²) < 4.78 is 0.513. The average Bonchev–Trinajstić information content (AvgIpc) is 2.92. The highest BCUT2D eigenvalue weighted by atomic mass is 79.9. The molecule has 0 aliphatic rings. The molecule has 2 N–H and O–H groups in total. The molecule has 104 valence electrons. The Morgan fingerprint density at radius 3 is 2.95 bits per heavy atom. The monoisotopic (exact) mass is 338 g/mol. The number of rotatable bonds is 5. The second kappa shape index (κ2) is 6.29. The van der Waals surface area contributed by atoms with Gasteiger partial charge in [0, 0.05) is 42.0 Å². The summed E-state index contributed by atoms with van der Waals surface area (Å²) in [4.78, 5) is 29.1. The van der Waals surface area contributed by atoms with E-state index < -0.39 is 4.92 Å². The van der Waals surface area contributed by atoms with E-state index in [-0.39, 0.29) is 17.2 Å². The molecular weight excluding hydrogens is 328 g/mol. The third-order valence-corrected chi connectivity index (χ3v) is 3.30. The highest BCUT2D eigenvalue weighted by Crippen LogP contribution is 2.22. The van der Waals surface area contributed by atoms with Crippen molar-refractivity contribution >= 4 is 27.5 Å². The van der Waals surface area contributed by atoms with Crippen molar-refractivity contribution in [2.45, 2.75) is 6.42 Å². The number of aromatic nitrogens is 2. The summed E-state index contributed by atoms with van der Waals surface area (Å²) >= 11 is 3.21. The summed E-state index contributed by atoms with van der Waals surface area (Å²) in [6, 6.07) is 4.07. The maximum Gasteiger partial charge on any atom is 0.270 e. The van der Waals surface area contributed by atoms with Crippen molar-refractivity contribution in [3.63, 3.8) is 0 Å². The van der Waals surface area contributed by atoms with Gasteiger partial charge in [-0.15, -0.1) is 0 Å². The molecule has 0 aliphatic carbocycles. The number of benzene rings is 1. The Labute approximate surface area is 122 Å². The van der Waals surface area contributed by atoms with Crippen molar-refractivity contribution in [2.24, 2.45) is 0 Å². The Hall–Kier alpha value is -2.22. The quantitative estimate of drug-likeness (QED) is 0.643. The molecule has 0 spiro atoms. The van der Waals surface area contributed by atoms with Crippen LogP contribution in [0.1, 0.15) is 16.2 Å². The number of H-pyrrole nitrogens is 1. The maximum absolute atomic E-state index is 12.0. The largest absolute Gasteiger partial charge is 0.352 e. The first-order valence-corrected chi connectivity index (χ1v) is 6.57. The molecule has 0 aliphatic heterocycles. The lowest BCUT2D eigenvalue weighted by molar-refractivity contribution is -0.384. The van der Waals surface area contributed by atoms with Crippen LogP contribution in [0.2, 0.25) is 0 Å². The summed E-state index contributed by atoms with van der Waals surface area (Å²) in [5.74, 6) is 0.399. The first-order chi connectivity index (χ1) is 9.58. The predicted molar refractivity (Wildman–Crippen MR) is 75.4 cm³/mol. The number of nitrogens with zero attached hydrogens (tertiary/aromatic N) is 2. The molecule has 0 saturated heterocycles. The van der Waals surface area contributed by atoms with Gasteiger partial charge in [0.2, 0.25) is 0 Å². The zero-order chi connectivity index (χ0) is 14.5. The Balaban J connectivity index is 2.01. The third-order valence-electron chi connectivity index (χ3n) is 2.61. The molecule has 0 radical (unpaired) electrons. The van der Waals surface area contributed by atoms with Crippen LogP contribution >= 0.6 is 15.9 Å². The summed E-state index contributed by atoms with van der Waals surface area (Å²) in [6.07, 6.45) is 3.90. The Bertz CT molecular complexity index is 628. The van der Waals surface area contributed by atoms with Crippen molar-refractivity contribution < 1.29 is 9.72 Å². The SMILES string of the molecule is O=C(NCCc1ncc[nH]1)c1cc([N+](=O)[O-])ccc1Br. The Morgan fingerprint density at radius 2 is 2.30 bits per heavy atom. The first-order valence-electron chi connectivity index (χ1n) is 5.78. The number of halogens is 1. The van der Waals surface area contributed by atoms with E-state index in [0.717, 1.165) is 5.82 Å². The summed E-state index contributed by atoms with van der Waals surface area (Å²) in [6.45, 7) is 0.390. The normalized spacial score (nSPS) is 10.2. The minimum atomic E-state index is -0.536. The van der Waals surface area contributed by atoms with Crippen LogP contribution in [-0.2, 0) is 6.42 Å². The fourth-order valence-corrected chi connectivity index (χ4v) is 2.05. The lowest BCUT2D eigenvalue weighted by Gasteiger charge is -2.06. The molecule has 0 bridgehead atoms. The molecule has 0 saturated carbocycles. The van der Waals surface area contributed by atoms with E-state index in [1.54, 1.807) is 12.4 Å². The molecule has 0 fully saturated rings. The van der Waals surface area contributed by atoms with Crippen LogP contribution in [0.5, 0.6) is 0 Å². The van der Waals surface area contributed by atoms with E-state index in [4.69, 9.17) is 0 Å². The number of carbonyl (C=O) groups excluding carboxylic acids is 1. The molecule has 20 heavy (non-hydrogen) atoms. The van der Waals surface area contributed by atoms with E-state index in [1.807, 2.05) is 0 Å². The number of nitrogens with one attached hydrogen (secondary N) is 2. The van der Waals surface area contributed by atoms with Crippen LogP contribution in [-0.4, -0.2) is 27.3 Å². The number of hydrogen-bond acceptors (Lipinski definition) is 4. The smallest absolute Gasteiger partial charge is 0.270 e. The van der Waals surface area contributed by atoms with Crippen molar-refractivity contribution in [1.82, 2.24) is 15.3 Å². The van der Waals surface area contributed by atoms with Gasteiger partial charge in [0.15, 0.2) is 0 Å². The molecular formula is C12H11BrN4O3. The highest BCUT2D eigenvalue weighted by molar-refractivity contribution is 9.10. The van der Waals surface area contributed by atoms with Crippen LogP contribution < -0.4 is 5.32 Å². The van der Waals surface area contributed by atoms with E-state index in [1.165, 1.54) is 18.2 Å². The predicted octanol–water partition coefficient (Wildman–Crippen LogP) is 2.05. The van der Waals surface area contributed by atoms with Gasteiger partial charge in [-0.2, -0.15) is 0 Å². The summed E-state index contributed by atoms with van der Waals surface area (Å²) in [5.41, 5.74) is 0.114. The highest BCUT2D eigenvalue weighted by Gasteiger charge is 2.15. The van der Waals surface area contributed by atoms with Gasteiger partial charge in [-0.1, -0.05) is 0 Å². The second-order valence-electron chi connectivity index (χ2n) is 3.96. The molecule has 1 aromatic heterocycles. The van der Waals surface area contributed by atoms with E-state index in [2.05, 4.69) is 31.2 Å². The molecule has 1 heterocycles. The Morgan fingerprint density at radius 1 is 1.50 bits per heavy atom. The zero-order valence-electron chi connectivity index (χ0n) is 10.3. The summed E-state index contributed by atoms with van der Waals surface area (Å²) in [5, 5.41) is 13.4. The standard InChI is InChI=1S/C12H11BrN4O3/c13-10-2-1-8(17(19)20)7-9(10)12(18)16-4-3-11-14-5-6-15-11/h1-2,5-7H,3-4H2,(H,14,15)(H,16,18). The molecule has 1 amide bonds.